The van der Waals surface area contributed by atoms with Gasteiger partial charge in [-0.3, -0.25) is 14.7 Å². The molecular weight excluding hydrogens is 426 g/mol. The van der Waals surface area contributed by atoms with Crippen LogP contribution in [0.1, 0.15) is 48.1 Å². The van der Waals surface area contributed by atoms with Crippen molar-refractivity contribution in [1.29, 1.82) is 0 Å². The SMILES string of the molecule is CC[C@H]1CN(CCC(=O)N[C@H](c2ccncc2)c2ccccc2C)Cc2cc(OC)ccc2O1. The standard InChI is InChI=1S/C28H33N3O3/c1-4-23-19-31(18-22-17-24(33-3)9-10-26(22)34-23)16-13-27(32)30-28(21-11-14-29-15-12-21)25-8-6-5-7-20(25)2/h5-12,14-15,17,23,28H,4,13,16,18-19H2,1-3H3,(H,30,32)/t23-,28+/m0/s1. The number of hydrogen-bond acceptors (Lipinski definition) is 5. The number of amides is 1. The third kappa shape index (κ3) is 5.75. The van der Waals surface area contributed by atoms with Crippen LogP contribution in [-0.4, -0.2) is 42.1 Å². The molecule has 1 N–H and O–H groups in total. The number of ether oxygens (including phenoxy) is 2. The van der Waals surface area contributed by atoms with Crippen LogP contribution >= 0.6 is 0 Å². The monoisotopic (exact) mass is 459 g/mol. The fourth-order valence-corrected chi connectivity index (χ4v) is 4.41. The highest BCUT2D eigenvalue weighted by atomic mass is 16.5. The molecular formula is C28H33N3O3. The minimum atomic E-state index is -0.211. The van der Waals surface area contributed by atoms with Crippen LogP contribution in [0.25, 0.3) is 0 Å². The Morgan fingerprint density at radius 1 is 1.21 bits per heavy atom. The van der Waals surface area contributed by atoms with Crippen LogP contribution < -0.4 is 14.8 Å². The lowest BCUT2D eigenvalue weighted by Crippen LogP contribution is -2.36. The van der Waals surface area contributed by atoms with E-state index in [0.29, 0.717) is 13.0 Å². The second-order valence-corrected chi connectivity index (χ2v) is 8.74. The number of aromatic nitrogens is 1. The van der Waals surface area contributed by atoms with E-state index in [1.165, 1.54) is 0 Å². The first-order valence-corrected chi connectivity index (χ1v) is 11.9. The molecule has 2 heterocycles. The maximum atomic E-state index is 13.1. The van der Waals surface area contributed by atoms with Crippen molar-refractivity contribution < 1.29 is 14.3 Å². The number of fused-ring (bicyclic) bond motifs is 1. The second kappa shape index (κ2) is 11.2. The lowest BCUT2D eigenvalue weighted by Gasteiger charge is -2.24. The topological polar surface area (TPSA) is 63.7 Å². The Bertz CT molecular complexity index is 1100. The summed E-state index contributed by atoms with van der Waals surface area (Å²) in [7, 11) is 1.67. The highest BCUT2D eigenvalue weighted by molar-refractivity contribution is 5.77. The smallest absolute Gasteiger partial charge is 0.222 e. The fourth-order valence-electron chi connectivity index (χ4n) is 4.41. The minimum Gasteiger partial charge on any atom is -0.497 e. The normalized spacial score (nSPS) is 16.6. The van der Waals surface area contributed by atoms with Crippen LogP contribution in [0.2, 0.25) is 0 Å². The Hall–Kier alpha value is -3.38. The van der Waals surface area contributed by atoms with Gasteiger partial charge < -0.3 is 14.8 Å². The van der Waals surface area contributed by atoms with Crippen LogP contribution in [0.15, 0.2) is 67.0 Å². The maximum Gasteiger partial charge on any atom is 0.222 e. The molecule has 0 fully saturated rings. The van der Waals surface area contributed by atoms with Gasteiger partial charge in [-0.15, -0.1) is 0 Å². The summed E-state index contributed by atoms with van der Waals surface area (Å²) in [6.07, 6.45) is 4.94. The number of nitrogens with zero attached hydrogens (tertiary/aromatic N) is 2. The van der Waals surface area contributed by atoms with E-state index < -0.39 is 0 Å². The van der Waals surface area contributed by atoms with Crippen molar-refractivity contribution >= 4 is 5.91 Å². The van der Waals surface area contributed by atoms with Gasteiger partial charge in [-0.25, -0.2) is 0 Å². The van der Waals surface area contributed by atoms with Gasteiger partial charge in [0.2, 0.25) is 5.91 Å². The van der Waals surface area contributed by atoms with Crippen molar-refractivity contribution in [3.05, 3.63) is 89.2 Å². The van der Waals surface area contributed by atoms with Crippen molar-refractivity contribution in [2.45, 2.75) is 45.4 Å². The zero-order valence-electron chi connectivity index (χ0n) is 20.2. The zero-order valence-corrected chi connectivity index (χ0v) is 20.2. The van der Waals surface area contributed by atoms with E-state index in [1.807, 2.05) is 42.5 Å². The molecule has 1 aromatic heterocycles. The van der Waals surface area contributed by atoms with Gasteiger partial charge in [-0.05, 0) is 60.4 Å². The molecule has 0 saturated carbocycles. The Balaban J connectivity index is 1.46. The number of pyridine rings is 1. The number of rotatable bonds is 8. The highest BCUT2D eigenvalue weighted by Gasteiger charge is 2.24. The number of carbonyl (C=O) groups is 1. The third-order valence-corrected chi connectivity index (χ3v) is 6.37. The fraction of sp³-hybridized carbons (Fsp3) is 0.357. The van der Waals surface area contributed by atoms with Crippen molar-refractivity contribution in [2.24, 2.45) is 0 Å². The van der Waals surface area contributed by atoms with Crippen LogP contribution in [-0.2, 0) is 11.3 Å². The summed E-state index contributed by atoms with van der Waals surface area (Å²) in [6, 6.07) is 17.8. The molecule has 0 radical (unpaired) electrons. The van der Waals surface area contributed by atoms with Gasteiger partial charge in [-0.1, -0.05) is 31.2 Å². The Morgan fingerprint density at radius 3 is 2.74 bits per heavy atom. The highest BCUT2D eigenvalue weighted by Crippen LogP contribution is 2.30. The predicted octanol–water partition coefficient (Wildman–Crippen LogP) is 4.67. The first-order chi connectivity index (χ1) is 16.6. The molecule has 6 nitrogen and oxygen atoms in total. The summed E-state index contributed by atoms with van der Waals surface area (Å²) in [5.41, 5.74) is 4.35. The summed E-state index contributed by atoms with van der Waals surface area (Å²) in [5, 5.41) is 3.26. The van der Waals surface area contributed by atoms with Crippen molar-refractivity contribution in [3.63, 3.8) is 0 Å². The van der Waals surface area contributed by atoms with Crippen molar-refractivity contribution in [3.8, 4) is 11.5 Å². The number of benzene rings is 2. The molecule has 1 amide bonds. The van der Waals surface area contributed by atoms with E-state index in [0.717, 1.165) is 53.3 Å². The van der Waals surface area contributed by atoms with Gasteiger partial charge in [0.1, 0.15) is 17.6 Å². The van der Waals surface area contributed by atoms with E-state index in [9.17, 15) is 4.79 Å². The summed E-state index contributed by atoms with van der Waals surface area (Å²) >= 11 is 0. The Morgan fingerprint density at radius 2 is 2.00 bits per heavy atom. The minimum absolute atomic E-state index is 0.0224. The Labute approximate surface area is 201 Å². The summed E-state index contributed by atoms with van der Waals surface area (Å²) < 4.78 is 11.6. The lowest BCUT2D eigenvalue weighted by atomic mass is 9.95. The molecule has 0 aliphatic carbocycles. The number of nitrogens with one attached hydrogen (secondary N) is 1. The van der Waals surface area contributed by atoms with Gasteiger partial charge in [0, 0.05) is 44.0 Å². The molecule has 0 saturated heterocycles. The Kier molecular flexibility index (Phi) is 7.80. The maximum absolute atomic E-state index is 13.1. The van der Waals surface area contributed by atoms with Gasteiger partial charge >= 0.3 is 0 Å². The summed E-state index contributed by atoms with van der Waals surface area (Å²) in [6.45, 7) is 6.36. The van der Waals surface area contributed by atoms with E-state index in [-0.39, 0.29) is 18.1 Å². The quantitative estimate of drug-likeness (QED) is 0.531. The predicted molar refractivity (Wildman–Crippen MR) is 133 cm³/mol. The molecule has 6 heteroatoms. The van der Waals surface area contributed by atoms with Crippen molar-refractivity contribution in [1.82, 2.24) is 15.2 Å². The number of aryl methyl sites for hydroxylation is 1. The molecule has 1 aliphatic heterocycles. The van der Waals surface area contributed by atoms with Crippen LogP contribution in [0.4, 0.5) is 0 Å². The second-order valence-electron chi connectivity index (χ2n) is 8.74. The molecule has 0 bridgehead atoms. The average molecular weight is 460 g/mol. The van der Waals surface area contributed by atoms with Crippen LogP contribution in [0.3, 0.4) is 0 Å². The van der Waals surface area contributed by atoms with Gasteiger partial charge in [0.25, 0.3) is 0 Å². The largest absolute Gasteiger partial charge is 0.497 e. The van der Waals surface area contributed by atoms with E-state index in [4.69, 9.17) is 9.47 Å². The van der Waals surface area contributed by atoms with E-state index >= 15 is 0 Å². The van der Waals surface area contributed by atoms with Crippen LogP contribution in [0, 0.1) is 6.92 Å². The molecule has 2 aromatic carbocycles. The molecule has 0 unspecified atom stereocenters. The first-order valence-electron chi connectivity index (χ1n) is 11.9. The molecule has 178 valence electrons. The van der Waals surface area contributed by atoms with E-state index in [2.05, 4.69) is 41.2 Å². The zero-order chi connectivity index (χ0) is 23.9. The van der Waals surface area contributed by atoms with Gasteiger partial charge in [0.15, 0.2) is 0 Å². The number of carbonyl (C=O) groups excluding carboxylic acids is 1. The van der Waals surface area contributed by atoms with Gasteiger partial charge in [-0.2, -0.15) is 0 Å². The molecule has 1 aliphatic rings. The first kappa shape index (κ1) is 23.8. The lowest BCUT2D eigenvalue weighted by molar-refractivity contribution is -0.122. The molecule has 4 rings (SSSR count). The van der Waals surface area contributed by atoms with Crippen molar-refractivity contribution in [2.75, 3.05) is 20.2 Å². The van der Waals surface area contributed by atoms with E-state index in [1.54, 1.807) is 19.5 Å². The van der Waals surface area contributed by atoms with Crippen LogP contribution in [0.5, 0.6) is 11.5 Å². The number of methoxy groups -OCH3 is 1. The molecule has 3 aromatic rings. The molecule has 2 atom stereocenters. The molecule has 34 heavy (non-hydrogen) atoms. The molecule has 0 spiro atoms. The summed E-state index contributed by atoms with van der Waals surface area (Å²) in [5.74, 6) is 1.74. The summed E-state index contributed by atoms with van der Waals surface area (Å²) in [4.78, 5) is 19.6. The van der Waals surface area contributed by atoms with Gasteiger partial charge in [0.05, 0.1) is 13.2 Å². The number of hydrogen-bond donors (Lipinski definition) is 1. The third-order valence-electron chi connectivity index (χ3n) is 6.37. The average Bonchev–Trinajstić information content (AvgIpc) is 3.05.